The number of rotatable bonds is 4. The lowest BCUT2D eigenvalue weighted by atomic mass is 10.0. The third-order valence-electron chi connectivity index (χ3n) is 4.52. The predicted molar refractivity (Wildman–Crippen MR) is 101 cm³/mol. The molecule has 3 heteroatoms. The second kappa shape index (κ2) is 6.00. The summed E-state index contributed by atoms with van der Waals surface area (Å²) in [6, 6.07) is 20.8. The molecule has 0 amide bonds. The summed E-state index contributed by atoms with van der Waals surface area (Å²) in [6.07, 6.45) is 0. The Bertz CT molecular complexity index is 994. The zero-order chi connectivity index (χ0) is 16.5. The smallest absolute Gasteiger partial charge is 0.227 e. The van der Waals surface area contributed by atoms with E-state index in [0.29, 0.717) is 5.89 Å². The Morgan fingerprint density at radius 3 is 2.54 bits per heavy atom. The largest absolute Gasteiger partial charge is 0.436 e. The Labute approximate surface area is 141 Å². The zero-order valence-corrected chi connectivity index (χ0v) is 14.0. The monoisotopic (exact) mass is 316 g/mol. The van der Waals surface area contributed by atoms with Crippen LogP contribution in [0.1, 0.15) is 13.8 Å². The molecule has 3 nitrogen and oxygen atoms in total. The molecule has 0 unspecified atom stereocenters. The van der Waals surface area contributed by atoms with Crippen molar-refractivity contribution < 1.29 is 4.42 Å². The average molecular weight is 316 g/mol. The van der Waals surface area contributed by atoms with Crippen molar-refractivity contribution in [2.24, 2.45) is 0 Å². The molecule has 120 valence electrons. The molecule has 4 rings (SSSR count). The van der Waals surface area contributed by atoms with E-state index in [4.69, 9.17) is 9.40 Å². The lowest BCUT2D eigenvalue weighted by molar-refractivity contribution is 0.620. The first kappa shape index (κ1) is 14.8. The van der Waals surface area contributed by atoms with Crippen LogP contribution in [0.25, 0.3) is 33.3 Å². The lowest BCUT2D eigenvalue weighted by Crippen LogP contribution is -2.21. The van der Waals surface area contributed by atoms with Gasteiger partial charge in [0.2, 0.25) is 5.89 Å². The molecule has 0 bridgehead atoms. The van der Waals surface area contributed by atoms with Gasteiger partial charge in [-0.25, -0.2) is 4.98 Å². The van der Waals surface area contributed by atoms with Gasteiger partial charge in [-0.3, -0.25) is 0 Å². The van der Waals surface area contributed by atoms with Gasteiger partial charge < -0.3 is 9.32 Å². The maximum atomic E-state index is 6.10. The normalized spacial score (nSPS) is 11.2. The minimum absolute atomic E-state index is 0.679. The van der Waals surface area contributed by atoms with Gasteiger partial charge in [0, 0.05) is 30.4 Å². The van der Waals surface area contributed by atoms with Crippen LogP contribution in [0.4, 0.5) is 5.69 Å². The highest BCUT2D eigenvalue weighted by Gasteiger charge is 2.12. The summed E-state index contributed by atoms with van der Waals surface area (Å²) in [5.74, 6) is 0.679. The van der Waals surface area contributed by atoms with Crippen LogP contribution in [0.15, 0.2) is 65.1 Å². The number of benzene rings is 3. The van der Waals surface area contributed by atoms with Gasteiger partial charge in [0.1, 0.15) is 5.52 Å². The third-order valence-corrected chi connectivity index (χ3v) is 4.52. The molecule has 0 saturated heterocycles. The Balaban J connectivity index is 1.85. The molecule has 1 heterocycles. The van der Waals surface area contributed by atoms with Crippen LogP contribution in [0.3, 0.4) is 0 Å². The van der Waals surface area contributed by atoms with E-state index < -0.39 is 0 Å². The number of fused-ring (bicyclic) bond motifs is 2. The van der Waals surface area contributed by atoms with E-state index in [1.54, 1.807) is 0 Å². The van der Waals surface area contributed by atoms with Crippen molar-refractivity contribution in [3.8, 4) is 11.5 Å². The molecule has 0 aliphatic rings. The van der Waals surface area contributed by atoms with Crippen molar-refractivity contribution in [3.05, 3.63) is 60.7 Å². The summed E-state index contributed by atoms with van der Waals surface area (Å²) >= 11 is 0. The number of nitrogens with zero attached hydrogens (tertiary/aromatic N) is 2. The van der Waals surface area contributed by atoms with Crippen molar-refractivity contribution in [2.75, 3.05) is 18.0 Å². The van der Waals surface area contributed by atoms with Crippen molar-refractivity contribution in [2.45, 2.75) is 13.8 Å². The molecule has 0 atom stereocenters. The molecule has 3 aromatic carbocycles. The lowest BCUT2D eigenvalue weighted by Gasteiger charge is -2.20. The van der Waals surface area contributed by atoms with Gasteiger partial charge in [0.15, 0.2) is 5.58 Å². The number of oxazole rings is 1. The molecule has 24 heavy (non-hydrogen) atoms. The highest BCUT2D eigenvalue weighted by molar-refractivity contribution is 5.95. The minimum Gasteiger partial charge on any atom is -0.436 e. The molecule has 0 saturated carbocycles. The van der Waals surface area contributed by atoms with Gasteiger partial charge in [-0.2, -0.15) is 0 Å². The first-order chi connectivity index (χ1) is 11.8. The molecule has 0 fully saturated rings. The fraction of sp³-hybridized carbons (Fsp3) is 0.190. The van der Waals surface area contributed by atoms with Gasteiger partial charge in [0.25, 0.3) is 0 Å². The summed E-state index contributed by atoms with van der Waals surface area (Å²) in [7, 11) is 0. The van der Waals surface area contributed by atoms with Crippen molar-refractivity contribution in [3.63, 3.8) is 0 Å². The Morgan fingerprint density at radius 2 is 1.71 bits per heavy atom. The number of hydrogen-bond acceptors (Lipinski definition) is 3. The van der Waals surface area contributed by atoms with E-state index in [2.05, 4.69) is 61.2 Å². The highest BCUT2D eigenvalue weighted by atomic mass is 16.3. The first-order valence-corrected chi connectivity index (χ1v) is 8.44. The van der Waals surface area contributed by atoms with Crippen LogP contribution in [-0.2, 0) is 0 Å². The molecule has 1 aromatic heterocycles. The molecule has 0 spiro atoms. The van der Waals surface area contributed by atoms with Gasteiger partial charge in [-0.15, -0.1) is 0 Å². The molecule has 0 radical (unpaired) electrons. The predicted octanol–water partition coefficient (Wildman–Crippen LogP) is 5.49. The molecule has 0 aliphatic heterocycles. The summed E-state index contributed by atoms with van der Waals surface area (Å²) in [5.41, 5.74) is 3.94. The molecular weight excluding hydrogens is 296 g/mol. The molecular formula is C21H20N2O. The topological polar surface area (TPSA) is 29.3 Å². The zero-order valence-electron chi connectivity index (χ0n) is 14.0. The quantitative estimate of drug-likeness (QED) is 0.498. The minimum atomic E-state index is 0.679. The number of hydrogen-bond donors (Lipinski definition) is 0. The standard InChI is InChI=1S/C21H20N2O/c1-3-23(4-2)16-12-13-19-20(14-16)24-21(22-19)18-11-7-9-15-8-5-6-10-17(15)18/h5-14H,3-4H2,1-2H3. The van der Waals surface area contributed by atoms with Crippen molar-refractivity contribution in [1.29, 1.82) is 0 Å². The van der Waals surface area contributed by atoms with E-state index in [0.717, 1.165) is 35.1 Å². The van der Waals surface area contributed by atoms with Crippen LogP contribution in [-0.4, -0.2) is 18.1 Å². The van der Waals surface area contributed by atoms with Gasteiger partial charge in [0.05, 0.1) is 0 Å². The second-order valence-electron chi connectivity index (χ2n) is 5.87. The highest BCUT2D eigenvalue weighted by Crippen LogP contribution is 2.31. The van der Waals surface area contributed by atoms with Gasteiger partial charge in [-0.1, -0.05) is 36.4 Å². The molecule has 4 aromatic rings. The molecule has 0 aliphatic carbocycles. The van der Waals surface area contributed by atoms with Crippen LogP contribution in [0, 0.1) is 0 Å². The summed E-state index contributed by atoms with van der Waals surface area (Å²) in [5, 5.41) is 2.36. The summed E-state index contributed by atoms with van der Waals surface area (Å²) < 4.78 is 6.10. The van der Waals surface area contributed by atoms with E-state index in [1.807, 2.05) is 18.2 Å². The Hall–Kier alpha value is -2.81. The SMILES string of the molecule is CCN(CC)c1ccc2nc(-c3cccc4ccccc34)oc2c1. The third kappa shape index (κ3) is 2.42. The number of aromatic nitrogens is 1. The van der Waals surface area contributed by atoms with Crippen LogP contribution in [0.5, 0.6) is 0 Å². The summed E-state index contributed by atoms with van der Waals surface area (Å²) in [6.45, 7) is 6.28. The van der Waals surface area contributed by atoms with Gasteiger partial charge >= 0.3 is 0 Å². The fourth-order valence-corrected chi connectivity index (χ4v) is 3.23. The first-order valence-electron chi connectivity index (χ1n) is 8.44. The number of anilines is 1. The van der Waals surface area contributed by atoms with Gasteiger partial charge in [-0.05, 0) is 42.8 Å². The average Bonchev–Trinajstić information content (AvgIpc) is 3.05. The fourth-order valence-electron chi connectivity index (χ4n) is 3.23. The Morgan fingerprint density at radius 1 is 0.917 bits per heavy atom. The van der Waals surface area contributed by atoms with Crippen LogP contribution >= 0.6 is 0 Å². The van der Waals surface area contributed by atoms with E-state index in [1.165, 1.54) is 11.1 Å². The summed E-state index contributed by atoms with van der Waals surface area (Å²) in [4.78, 5) is 7.01. The second-order valence-corrected chi connectivity index (χ2v) is 5.87. The maximum Gasteiger partial charge on any atom is 0.227 e. The van der Waals surface area contributed by atoms with Crippen LogP contribution in [0.2, 0.25) is 0 Å². The van der Waals surface area contributed by atoms with E-state index >= 15 is 0 Å². The Kier molecular flexibility index (Phi) is 3.69. The van der Waals surface area contributed by atoms with Crippen LogP contribution < -0.4 is 4.90 Å². The van der Waals surface area contributed by atoms with Crippen molar-refractivity contribution >= 4 is 27.6 Å². The molecule has 0 N–H and O–H groups in total. The van der Waals surface area contributed by atoms with E-state index in [-0.39, 0.29) is 0 Å². The van der Waals surface area contributed by atoms with Crippen molar-refractivity contribution in [1.82, 2.24) is 4.98 Å². The maximum absolute atomic E-state index is 6.10. The van der Waals surface area contributed by atoms with E-state index in [9.17, 15) is 0 Å².